The first-order chi connectivity index (χ1) is 13.7. The molecule has 1 heterocycles. The van der Waals surface area contributed by atoms with Crippen molar-refractivity contribution in [3.63, 3.8) is 0 Å². The summed E-state index contributed by atoms with van der Waals surface area (Å²) >= 11 is 0. The zero-order valence-electron chi connectivity index (χ0n) is 17.5. The zero-order chi connectivity index (χ0) is 20.0. The molecule has 0 aliphatic carbocycles. The molecule has 0 bridgehead atoms. The zero-order valence-corrected chi connectivity index (χ0v) is 19.8. The number of hydrogen-bond donors (Lipinski definition) is 2. The third kappa shape index (κ3) is 10.5. The van der Waals surface area contributed by atoms with Gasteiger partial charge in [-0.05, 0) is 43.7 Å². The van der Waals surface area contributed by atoms with Gasteiger partial charge in [0.1, 0.15) is 6.10 Å². The van der Waals surface area contributed by atoms with Crippen LogP contribution < -0.4 is 15.4 Å². The standard InChI is InChI=1S/C21H34FN3O3.HI/c1-3-18(28-20-8-5-4-7-19(20)22)15-25-21(23-2)24-11-6-12-27-16-17-9-13-26-14-10-17;/h4-5,7-8,17-18H,3,6,9-16H2,1-2H3,(H2,23,24,25);1H. The van der Waals surface area contributed by atoms with Gasteiger partial charge in [-0.3, -0.25) is 4.99 Å². The van der Waals surface area contributed by atoms with Gasteiger partial charge in [-0.1, -0.05) is 19.1 Å². The highest BCUT2D eigenvalue weighted by molar-refractivity contribution is 14.0. The van der Waals surface area contributed by atoms with Crippen molar-refractivity contribution in [1.29, 1.82) is 0 Å². The molecule has 2 N–H and O–H groups in total. The molecule has 1 saturated heterocycles. The van der Waals surface area contributed by atoms with E-state index in [-0.39, 0.29) is 41.6 Å². The van der Waals surface area contributed by atoms with Gasteiger partial charge in [0.15, 0.2) is 17.5 Å². The van der Waals surface area contributed by atoms with Gasteiger partial charge in [0.2, 0.25) is 0 Å². The third-order valence-electron chi connectivity index (χ3n) is 4.76. The van der Waals surface area contributed by atoms with Crippen LogP contribution in [0.5, 0.6) is 5.75 Å². The van der Waals surface area contributed by atoms with Gasteiger partial charge in [-0.25, -0.2) is 4.39 Å². The molecule has 8 heteroatoms. The van der Waals surface area contributed by atoms with Crippen LogP contribution >= 0.6 is 24.0 Å². The smallest absolute Gasteiger partial charge is 0.191 e. The monoisotopic (exact) mass is 523 g/mol. The molecule has 166 valence electrons. The maximum atomic E-state index is 13.7. The van der Waals surface area contributed by atoms with E-state index in [4.69, 9.17) is 14.2 Å². The quantitative estimate of drug-likeness (QED) is 0.201. The molecule has 0 amide bonds. The predicted molar refractivity (Wildman–Crippen MR) is 125 cm³/mol. The van der Waals surface area contributed by atoms with Crippen LogP contribution in [0, 0.1) is 11.7 Å². The normalized spacial score (nSPS) is 16.0. The molecular weight excluding hydrogens is 488 g/mol. The van der Waals surface area contributed by atoms with Crippen molar-refractivity contribution in [2.45, 2.75) is 38.7 Å². The molecular formula is C21H35FIN3O3. The van der Waals surface area contributed by atoms with Crippen molar-refractivity contribution in [3.8, 4) is 5.75 Å². The van der Waals surface area contributed by atoms with Crippen LogP contribution in [0.1, 0.15) is 32.6 Å². The molecule has 6 nitrogen and oxygen atoms in total. The van der Waals surface area contributed by atoms with E-state index in [0.29, 0.717) is 18.4 Å². The van der Waals surface area contributed by atoms with Gasteiger partial charge in [-0.15, -0.1) is 24.0 Å². The molecule has 1 fully saturated rings. The van der Waals surface area contributed by atoms with Gasteiger partial charge in [0.25, 0.3) is 0 Å². The lowest BCUT2D eigenvalue weighted by Crippen LogP contribution is -2.43. The minimum absolute atomic E-state index is 0. The molecule has 0 aromatic heterocycles. The van der Waals surface area contributed by atoms with Crippen LogP contribution in [0.25, 0.3) is 0 Å². The molecule has 0 saturated carbocycles. The Bertz CT molecular complexity index is 586. The number of hydrogen-bond acceptors (Lipinski definition) is 4. The van der Waals surface area contributed by atoms with Crippen LogP contribution in [0.2, 0.25) is 0 Å². The second-order valence-corrected chi connectivity index (χ2v) is 6.94. The van der Waals surface area contributed by atoms with E-state index in [0.717, 1.165) is 58.7 Å². The Morgan fingerprint density at radius 1 is 1.28 bits per heavy atom. The summed E-state index contributed by atoms with van der Waals surface area (Å²) in [6, 6.07) is 6.47. The highest BCUT2D eigenvalue weighted by Gasteiger charge is 2.14. The topological polar surface area (TPSA) is 64.1 Å². The first-order valence-corrected chi connectivity index (χ1v) is 10.2. The Labute approximate surface area is 191 Å². The Hall–Kier alpha value is -1.13. The second-order valence-electron chi connectivity index (χ2n) is 6.94. The number of aliphatic imine (C=N–C) groups is 1. The highest BCUT2D eigenvalue weighted by Crippen LogP contribution is 2.17. The predicted octanol–water partition coefficient (Wildman–Crippen LogP) is 3.60. The summed E-state index contributed by atoms with van der Waals surface area (Å²) in [6.45, 7) is 6.60. The molecule has 1 atom stereocenters. The van der Waals surface area contributed by atoms with E-state index in [2.05, 4.69) is 15.6 Å². The Morgan fingerprint density at radius 3 is 2.72 bits per heavy atom. The number of rotatable bonds is 11. The maximum absolute atomic E-state index is 13.7. The van der Waals surface area contributed by atoms with Gasteiger partial charge < -0.3 is 24.8 Å². The molecule has 29 heavy (non-hydrogen) atoms. The summed E-state index contributed by atoms with van der Waals surface area (Å²) in [5.41, 5.74) is 0. The van der Waals surface area contributed by atoms with Crippen LogP contribution in [-0.2, 0) is 9.47 Å². The molecule has 2 rings (SSSR count). The fourth-order valence-electron chi connectivity index (χ4n) is 2.96. The van der Waals surface area contributed by atoms with E-state index in [9.17, 15) is 4.39 Å². The molecule has 1 aliphatic rings. The summed E-state index contributed by atoms with van der Waals surface area (Å²) in [6.07, 6.45) is 3.73. The van der Waals surface area contributed by atoms with E-state index in [1.54, 1.807) is 25.2 Å². The minimum Gasteiger partial charge on any atom is -0.486 e. The number of nitrogens with zero attached hydrogens (tertiary/aromatic N) is 1. The maximum Gasteiger partial charge on any atom is 0.191 e. The fraction of sp³-hybridized carbons (Fsp3) is 0.667. The summed E-state index contributed by atoms with van der Waals surface area (Å²) in [4.78, 5) is 4.22. The largest absolute Gasteiger partial charge is 0.486 e. The second kappa shape index (κ2) is 15.7. The first kappa shape index (κ1) is 25.9. The molecule has 1 aromatic carbocycles. The average Bonchev–Trinajstić information content (AvgIpc) is 2.73. The number of nitrogens with one attached hydrogen (secondary N) is 2. The van der Waals surface area contributed by atoms with E-state index in [1.807, 2.05) is 6.92 Å². The van der Waals surface area contributed by atoms with Crippen LogP contribution in [0.3, 0.4) is 0 Å². The number of para-hydroxylation sites is 1. The van der Waals surface area contributed by atoms with Gasteiger partial charge in [0.05, 0.1) is 6.54 Å². The summed E-state index contributed by atoms with van der Waals surface area (Å²) in [5, 5.41) is 6.51. The van der Waals surface area contributed by atoms with E-state index in [1.165, 1.54) is 6.07 Å². The summed E-state index contributed by atoms with van der Waals surface area (Å²) in [7, 11) is 1.73. The molecule has 0 radical (unpaired) electrons. The fourth-order valence-corrected chi connectivity index (χ4v) is 2.96. The van der Waals surface area contributed by atoms with Crippen LogP contribution in [0.4, 0.5) is 4.39 Å². The molecule has 1 aliphatic heterocycles. The molecule has 0 spiro atoms. The number of benzene rings is 1. The Kier molecular flexibility index (Phi) is 14.0. The summed E-state index contributed by atoms with van der Waals surface area (Å²) < 4.78 is 30.6. The molecule has 1 aromatic rings. The van der Waals surface area contributed by atoms with Crippen molar-refractivity contribution in [2.75, 3.05) is 46.6 Å². The van der Waals surface area contributed by atoms with Gasteiger partial charge in [0, 0.05) is 40.0 Å². The van der Waals surface area contributed by atoms with Gasteiger partial charge >= 0.3 is 0 Å². The number of ether oxygens (including phenoxy) is 3. The lowest BCUT2D eigenvalue weighted by molar-refractivity contribution is 0.0203. The van der Waals surface area contributed by atoms with E-state index >= 15 is 0 Å². The average molecular weight is 523 g/mol. The number of guanidine groups is 1. The lowest BCUT2D eigenvalue weighted by atomic mass is 10.0. The minimum atomic E-state index is -0.343. The number of halogens is 2. The van der Waals surface area contributed by atoms with Crippen molar-refractivity contribution >= 4 is 29.9 Å². The van der Waals surface area contributed by atoms with E-state index < -0.39 is 0 Å². The lowest BCUT2D eigenvalue weighted by Gasteiger charge is -2.22. The molecule has 1 unspecified atom stereocenters. The Morgan fingerprint density at radius 2 is 2.03 bits per heavy atom. The van der Waals surface area contributed by atoms with Crippen molar-refractivity contribution in [2.24, 2.45) is 10.9 Å². The van der Waals surface area contributed by atoms with Crippen LogP contribution in [0.15, 0.2) is 29.3 Å². The Balaban J connectivity index is 0.00000420. The van der Waals surface area contributed by atoms with Crippen molar-refractivity contribution in [3.05, 3.63) is 30.1 Å². The van der Waals surface area contributed by atoms with Crippen molar-refractivity contribution in [1.82, 2.24) is 10.6 Å². The summed E-state index contributed by atoms with van der Waals surface area (Å²) in [5.74, 6) is 1.28. The van der Waals surface area contributed by atoms with Crippen molar-refractivity contribution < 1.29 is 18.6 Å². The SMILES string of the molecule is CCC(CNC(=NC)NCCCOCC1CCOCC1)Oc1ccccc1F.I. The van der Waals surface area contributed by atoms with Gasteiger partial charge in [-0.2, -0.15) is 0 Å². The third-order valence-corrected chi connectivity index (χ3v) is 4.76. The van der Waals surface area contributed by atoms with Crippen LogP contribution in [-0.4, -0.2) is 58.6 Å². The first-order valence-electron chi connectivity index (χ1n) is 10.2. The highest BCUT2D eigenvalue weighted by atomic mass is 127.